The molecule has 0 radical (unpaired) electrons. The largest absolute Gasteiger partial charge is 0.388 e. The molecular formula is C15H38N4OS. The van der Waals surface area contributed by atoms with Gasteiger partial charge in [0.1, 0.15) is 0 Å². The molecule has 0 aromatic heterocycles. The Morgan fingerprint density at radius 1 is 1.29 bits per heavy atom. The molecule has 5 N–H and O–H groups in total. The fraction of sp³-hybridized carbons (Fsp3) is 0.867. The number of hydrogen-bond acceptors (Lipinski definition) is 5. The fourth-order valence-electron chi connectivity index (χ4n) is 1.12. The summed E-state index contributed by atoms with van der Waals surface area (Å²) in [6.45, 7) is 13.2. The SMILES string of the molecule is CC.CC(C)(C)C(=N)SC(=N)N.COC.C[C@@H]1CCCN1.[HH]. The van der Waals surface area contributed by atoms with E-state index in [1.165, 1.54) is 19.4 Å². The summed E-state index contributed by atoms with van der Waals surface area (Å²) in [7, 11) is 3.25. The Bertz CT molecular complexity index is 265. The first-order valence-electron chi connectivity index (χ1n) is 7.39. The minimum atomic E-state index is -0.184. The van der Waals surface area contributed by atoms with Crippen molar-refractivity contribution in [1.29, 1.82) is 10.8 Å². The molecular weight excluding hydrogens is 284 g/mol. The second-order valence-corrected chi connectivity index (χ2v) is 6.50. The zero-order chi connectivity index (χ0) is 17.5. The molecule has 6 heteroatoms. The quantitative estimate of drug-likeness (QED) is 0.401. The molecule has 0 aromatic carbocycles. The van der Waals surface area contributed by atoms with E-state index < -0.39 is 0 Å². The predicted octanol–water partition coefficient (Wildman–Crippen LogP) is 3.93. The van der Waals surface area contributed by atoms with Crippen molar-refractivity contribution in [2.24, 2.45) is 11.1 Å². The molecule has 1 aliphatic rings. The zero-order valence-electron chi connectivity index (χ0n) is 15.1. The van der Waals surface area contributed by atoms with Crippen LogP contribution in [0.4, 0.5) is 0 Å². The first-order chi connectivity index (χ1) is 9.65. The van der Waals surface area contributed by atoms with E-state index in [1.54, 1.807) is 14.2 Å². The molecule has 0 aromatic rings. The summed E-state index contributed by atoms with van der Waals surface area (Å²) in [6, 6.07) is 0.796. The van der Waals surface area contributed by atoms with Crippen LogP contribution in [0.5, 0.6) is 0 Å². The molecule has 1 heterocycles. The smallest absolute Gasteiger partial charge is 0.157 e. The van der Waals surface area contributed by atoms with Gasteiger partial charge in [-0.25, -0.2) is 0 Å². The van der Waals surface area contributed by atoms with E-state index in [0.29, 0.717) is 5.04 Å². The summed E-state index contributed by atoms with van der Waals surface area (Å²) >= 11 is 1.01. The highest BCUT2D eigenvalue weighted by Gasteiger charge is 2.18. The van der Waals surface area contributed by atoms with Gasteiger partial charge < -0.3 is 15.8 Å². The summed E-state index contributed by atoms with van der Waals surface area (Å²) < 4.78 is 4.25. The van der Waals surface area contributed by atoms with Crippen molar-refractivity contribution in [3.63, 3.8) is 0 Å². The monoisotopic (exact) mass is 322 g/mol. The van der Waals surface area contributed by atoms with Crippen LogP contribution >= 0.6 is 11.8 Å². The molecule has 5 nitrogen and oxygen atoms in total. The number of methoxy groups -OCH3 is 1. The third kappa shape index (κ3) is 21.8. The van der Waals surface area contributed by atoms with Gasteiger partial charge in [0, 0.05) is 27.1 Å². The van der Waals surface area contributed by atoms with Crippen molar-refractivity contribution >= 4 is 22.0 Å². The van der Waals surface area contributed by atoms with Gasteiger partial charge in [-0.05, 0) is 38.1 Å². The van der Waals surface area contributed by atoms with Gasteiger partial charge in [-0.2, -0.15) is 0 Å². The molecule has 21 heavy (non-hydrogen) atoms. The Morgan fingerprint density at radius 2 is 1.71 bits per heavy atom. The van der Waals surface area contributed by atoms with E-state index in [0.717, 1.165) is 17.8 Å². The van der Waals surface area contributed by atoms with Crippen LogP contribution in [0.1, 0.15) is 55.8 Å². The topological polar surface area (TPSA) is 95.0 Å². The van der Waals surface area contributed by atoms with Gasteiger partial charge in [0.15, 0.2) is 5.17 Å². The Morgan fingerprint density at radius 3 is 1.81 bits per heavy atom. The van der Waals surface area contributed by atoms with E-state index in [9.17, 15) is 0 Å². The van der Waals surface area contributed by atoms with E-state index in [-0.39, 0.29) is 12.0 Å². The van der Waals surface area contributed by atoms with Gasteiger partial charge in [-0.15, -0.1) is 0 Å². The van der Waals surface area contributed by atoms with Gasteiger partial charge in [0.2, 0.25) is 0 Å². The molecule has 1 fully saturated rings. The second-order valence-electron chi connectivity index (χ2n) is 5.45. The Balaban J connectivity index is -0.000000115. The van der Waals surface area contributed by atoms with E-state index >= 15 is 0 Å². The molecule has 0 aliphatic carbocycles. The minimum Gasteiger partial charge on any atom is -0.388 e. The molecule has 0 spiro atoms. The third-order valence-electron chi connectivity index (χ3n) is 2.20. The van der Waals surface area contributed by atoms with Crippen LogP contribution in [-0.4, -0.2) is 37.0 Å². The maximum atomic E-state index is 7.41. The van der Waals surface area contributed by atoms with Crippen molar-refractivity contribution in [1.82, 2.24) is 5.32 Å². The second kappa shape index (κ2) is 15.8. The first-order valence-corrected chi connectivity index (χ1v) is 8.21. The zero-order valence-corrected chi connectivity index (χ0v) is 15.9. The lowest BCUT2D eigenvalue weighted by Crippen LogP contribution is -2.19. The third-order valence-corrected chi connectivity index (χ3v) is 3.24. The number of thioether (sulfide) groups is 1. The lowest BCUT2D eigenvalue weighted by molar-refractivity contribution is 0.277. The molecule has 0 bridgehead atoms. The average molecular weight is 323 g/mol. The summed E-state index contributed by atoms with van der Waals surface area (Å²) in [4.78, 5) is 0. The number of rotatable bonds is 0. The summed E-state index contributed by atoms with van der Waals surface area (Å²) in [5, 5.41) is 18.1. The summed E-state index contributed by atoms with van der Waals surface area (Å²) in [6.07, 6.45) is 2.75. The van der Waals surface area contributed by atoms with Crippen LogP contribution in [-0.2, 0) is 4.74 Å². The predicted molar refractivity (Wildman–Crippen MR) is 99.8 cm³/mol. The Hall–Kier alpha value is -0.590. The van der Waals surface area contributed by atoms with Gasteiger partial charge >= 0.3 is 0 Å². The van der Waals surface area contributed by atoms with Gasteiger partial charge in [-0.3, -0.25) is 10.8 Å². The highest BCUT2D eigenvalue weighted by atomic mass is 32.2. The lowest BCUT2D eigenvalue weighted by atomic mass is 9.99. The van der Waals surface area contributed by atoms with Crippen molar-refractivity contribution in [2.45, 2.75) is 60.4 Å². The van der Waals surface area contributed by atoms with Crippen LogP contribution < -0.4 is 11.1 Å². The highest BCUT2D eigenvalue weighted by Crippen LogP contribution is 2.22. The summed E-state index contributed by atoms with van der Waals surface area (Å²) in [5.74, 6) is 0. The van der Waals surface area contributed by atoms with Gasteiger partial charge in [0.05, 0.1) is 5.04 Å². The summed E-state index contributed by atoms with van der Waals surface area (Å²) in [5.41, 5.74) is 4.91. The Labute approximate surface area is 137 Å². The van der Waals surface area contributed by atoms with Crippen LogP contribution in [0, 0.1) is 16.2 Å². The molecule has 1 saturated heterocycles. The van der Waals surface area contributed by atoms with Gasteiger partial charge in [0.25, 0.3) is 0 Å². The maximum absolute atomic E-state index is 7.41. The van der Waals surface area contributed by atoms with Crippen LogP contribution in [0.25, 0.3) is 0 Å². The molecule has 1 aliphatic heterocycles. The lowest BCUT2D eigenvalue weighted by Gasteiger charge is -2.17. The number of nitrogens with one attached hydrogen (secondary N) is 3. The maximum Gasteiger partial charge on any atom is 0.157 e. The van der Waals surface area contributed by atoms with Crippen LogP contribution in [0.2, 0.25) is 0 Å². The fourth-order valence-corrected chi connectivity index (χ4v) is 1.65. The standard InChI is InChI=1S/C6H13N3S.C5H11N.C2H6O.C2H6.H2/c1-6(2,3)4(7)10-5(8)9;1-5-3-2-4-6-5;1-3-2;1-2;/h7H,1-3H3,(H3,8,9);5-6H,2-4H2,1H3;1-2H3;1-2H3;1H/t;5-;;;/m.1.../s1. The molecule has 0 amide bonds. The Kier molecular flexibility index (Phi) is 19.1. The number of amidine groups is 1. The molecule has 1 atom stereocenters. The number of nitrogens with two attached hydrogens (primary N) is 1. The normalized spacial score (nSPS) is 16.3. The highest BCUT2D eigenvalue weighted by molar-refractivity contribution is 8.26. The van der Waals surface area contributed by atoms with Crippen molar-refractivity contribution in [2.75, 3.05) is 20.8 Å². The molecule has 0 saturated carbocycles. The number of ether oxygens (including phenoxy) is 1. The van der Waals surface area contributed by atoms with Crippen LogP contribution in [0.3, 0.4) is 0 Å². The van der Waals surface area contributed by atoms with Crippen molar-refractivity contribution < 1.29 is 6.16 Å². The van der Waals surface area contributed by atoms with Crippen molar-refractivity contribution in [3.8, 4) is 0 Å². The average Bonchev–Trinajstić information content (AvgIpc) is 2.83. The van der Waals surface area contributed by atoms with E-state index in [4.69, 9.17) is 16.6 Å². The first kappa shape index (κ1) is 25.4. The molecule has 1 rings (SSSR count). The van der Waals surface area contributed by atoms with Gasteiger partial charge in [-0.1, -0.05) is 34.6 Å². The number of hydrogen-bond donors (Lipinski definition) is 4. The molecule has 130 valence electrons. The van der Waals surface area contributed by atoms with Crippen LogP contribution in [0.15, 0.2) is 0 Å². The van der Waals surface area contributed by atoms with Crippen molar-refractivity contribution in [3.05, 3.63) is 0 Å². The van der Waals surface area contributed by atoms with E-state index in [2.05, 4.69) is 17.0 Å². The minimum absolute atomic E-state index is 0. The van der Waals surface area contributed by atoms with E-state index in [1.807, 2.05) is 34.6 Å². The molecule has 0 unspecified atom stereocenters.